The predicted octanol–water partition coefficient (Wildman–Crippen LogP) is 9.18. The molecule has 0 bridgehead atoms. The zero-order chi connectivity index (χ0) is 29.0. The number of fused-ring (bicyclic) bond motifs is 6. The lowest BCUT2D eigenvalue weighted by Crippen LogP contribution is -2.33. The monoisotopic (exact) mass is 566 g/mol. The van der Waals surface area contributed by atoms with Crippen LogP contribution in [0.4, 0.5) is 0 Å². The second-order valence-corrected chi connectivity index (χ2v) is 11.0. The molecule has 3 heterocycles. The van der Waals surface area contributed by atoms with E-state index in [0.717, 1.165) is 61.2 Å². The lowest BCUT2D eigenvalue weighted by molar-refractivity contribution is 0.666. The van der Waals surface area contributed by atoms with E-state index in [1.807, 2.05) is 48.5 Å². The van der Waals surface area contributed by atoms with E-state index < -0.39 is 0 Å². The van der Waals surface area contributed by atoms with E-state index >= 15 is 0 Å². The molecule has 5 nitrogen and oxygen atoms in total. The number of aliphatic imine (C=N–C) groups is 2. The van der Waals surface area contributed by atoms with Gasteiger partial charge >= 0.3 is 0 Å². The summed E-state index contributed by atoms with van der Waals surface area (Å²) in [5, 5.41) is 8.04. The van der Waals surface area contributed by atoms with Gasteiger partial charge in [-0.15, -0.1) is 0 Å². The Morgan fingerprint density at radius 3 is 1.98 bits per heavy atom. The molecule has 1 unspecified atom stereocenters. The van der Waals surface area contributed by atoms with Gasteiger partial charge in [-0.2, -0.15) is 0 Å². The van der Waals surface area contributed by atoms with Crippen molar-refractivity contribution in [2.75, 3.05) is 0 Å². The first kappa shape index (κ1) is 24.6. The molecule has 8 aromatic rings. The number of aromatic nitrogens is 1. The van der Waals surface area contributed by atoms with Gasteiger partial charge in [-0.25, -0.2) is 9.98 Å². The Bertz CT molecular complexity index is 2360. The van der Waals surface area contributed by atoms with Crippen LogP contribution in [-0.2, 0) is 0 Å². The van der Waals surface area contributed by atoms with Crippen molar-refractivity contribution in [1.29, 1.82) is 0 Å². The van der Waals surface area contributed by atoms with Crippen molar-refractivity contribution < 1.29 is 4.42 Å². The summed E-state index contributed by atoms with van der Waals surface area (Å²) in [4.78, 5) is 10.3. The fourth-order valence-electron chi connectivity index (χ4n) is 6.50. The van der Waals surface area contributed by atoms with Crippen LogP contribution in [0.5, 0.6) is 0 Å². The summed E-state index contributed by atoms with van der Waals surface area (Å²) in [6.07, 6.45) is -0.277. The predicted molar refractivity (Wildman–Crippen MR) is 180 cm³/mol. The number of furan rings is 1. The maximum Gasteiger partial charge on any atom is 0.160 e. The Morgan fingerprint density at radius 2 is 1.23 bits per heavy atom. The second-order valence-electron chi connectivity index (χ2n) is 11.0. The smallest absolute Gasteiger partial charge is 0.160 e. The molecule has 5 heteroatoms. The molecule has 208 valence electrons. The van der Waals surface area contributed by atoms with Crippen LogP contribution in [-0.4, -0.2) is 16.2 Å². The van der Waals surface area contributed by atoms with E-state index in [1.54, 1.807) is 0 Å². The molecule has 2 aromatic heterocycles. The van der Waals surface area contributed by atoms with Crippen LogP contribution in [0.2, 0.25) is 0 Å². The number of hydrogen-bond donors (Lipinski definition) is 1. The quantitative estimate of drug-likeness (QED) is 0.231. The Morgan fingerprint density at radius 1 is 0.591 bits per heavy atom. The zero-order valence-corrected chi connectivity index (χ0v) is 23.7. The van der Waals surface area contributed by atoms with E-state index in [0.29, 0.717) is 5.84 Å². The Kier molecular flexibility index (Phi) is 5.50. The van der Waals surface area contributed by atoms with Crippen LogP contribution in [0.3, 0.4) is 0 Å². The van der Waals surface area contributed by atoms with E-state index in [2.05, 4.69) is 107 Å². The number of para-hydroxylation sites is 3. The van der Waals surface area contributed by atoms with Gasteiger partial charge in [0.1, 0.15) is 17.6 Å². The molecule has 0 fully saturated rings. The average molecular weight is 567 g/mol. The van der Waals surface area contributed by atoms with Crippen LogP contribution in [0.25, 0.3) is 49.4 Å². The first-order valence-corrected chi connectivity index (χ1v) is 14.8. The molecule has 1 atom stereocenters. The number of nitrogens with one attached hydrogen (secondary N) is 1. The minimum atomic E-state index is -0.277. The van der Waals surface area contributed by atoms with Crippen LogP contribution in [0.15, 0.2) is 160 Å². The Balaban J connectivity index is 1.29. The van der Waals surface area contributed by atoms with Gasteiger partial charge in [-0.05, 0) is 29.8 Å². The summed E-state index contributed by atoms with van der Waals surface area (Å²) in [6, 6.07) is 50.2. The second kappa shape index (κ2) is 9.82. The summed E-state index contributed by atoms with van der Waals surface area (Å²) < 4.78 is 9.03. The minimum Gasteiger partial charge on any atom is -0.454 e. The molecule has 0 saturated carbocycles. The van der Waals surface area contributed by atoms with Crippen molar-refractivity contribution >= 4 is 55.4 Å². The van der Waals surface area contributed by atoms with Gasteiger partial charge < -0.3 is 14.3 Å². The summed E-state index contributed by atoms with van der Waals surface area (Å²) >= 11 is 0. The maximum absolute atomic E-state index is 6.72. The van der Waals surface area contributed by atoms with E-state index in [1.165, 1.54) is 10.8 Å². The fraction of sp³-hybridized carbons (Fsp3) is 0.0256. The molecule has 1 aliphatic rings. The fourth-order valence-corrected chi connectivity index (χ4v) is 6.50. The van der Waals surface area contributed by atoms with Crippen LogP contribution in [0.1, 0.15) is 22.9 Å². The van der Waals surface area contributed by atoms with Crippen molar-refractivity contribution in [3.8, 4) is 5.69 Å². The SMILES string of the molecule is c1ccc(C2=NC(c3cccc4oc5c(-n6c7ccccc7c7ccccc76)cccc5c34)=NC(c3ccccc3)N2)cc1. The number of rotatable bonds is 4. The van der Waals surface area contributed by atoms with Crippen LogP contribution in [0, 0.1) is 0 Å². The van der Waals surface area contributed by atoms with E-state index in [-0.39, 0.29) is 6.17 Å². The van der Waals surface area contributed by atoms with Crippen molar-refractivity contribution in [1.82, 2.24) is 9.88 Å². The lowest BCUT2D eigenvalue weighted by Gasteiger charge is -2.23. The molecular weight excluding hydrogens is 540 g/mol. The van der Waals surface area contributed by atoms with Crippen LogP contribution >= 0.6 is 0 Å². The highest BCUT2D eigenvalue weighted by Crippen LogP contribution is 2.39. The molecule has 0 amide bonds. The van der Waals surface area contributed by atoms with Crippen LogP contribution < -0.4 is 5.32 Å². The molecule has 6 aromatic carbocycles. The van der Waals surface area contributed by atoms with Crippen molar-refractivity contribution in [2.45, 2.75) is 6.17 Å². The normalized spacial score (nSPS) is 15.0. The highest BCUT2D eigenvalue weighted by molar-refractivity contribution is 6.22. The maximum atomic E-state index is 6.72. The highest BCUT2D eigenvalue weighted by atomic mass is 16.3. The molecule has 0 radical (unpaired) electrons. The summed E-state index contributed by atoms with van der Waals surface area (Å²) in [5.41, 5.74) is 7.97. The molecule has 1 aliphatic heterocycles. The molecule has 1 N–H and O–H groups in total. The number of nitrogens with zero attached hydrogens (tertiary/aromatic N) is 3. The topological polar surface area (TPSA) is 54.8 Å². The summed E-state index contributed by atoms with van der Waals surface area (Å²) in [5.74, 6) is 1.47. The van der Waals surface area contributed by atoms with Crippen molar-refractivity contribution in [2.24, 2.45) is 9.98 Å². The number of hydrogen-bond acceptors (Lipinski definition) is 4. The molecule has 0 saturated heterocycles. The third-order valence-electron chi connectivity index (χ3n) is 8.47. The van der Waals surface area contributed by atoms with Gasteiger partial charge in [0, 0.05) is 32.7 Å². The van der Waals surface area contributed by atoms with E-state index in [4.69, 9.17) is 14.4 Å². The van der Waals surface area contributed by atoms with Gasteiger partial charge in [0.2, 0.25) is 0 Å². The molecular formula is C39H26N4O. The molecule has 44 heavy (non-hydrogen) atoms. The zero-order valence-electron chi connectivity index (χ0n) is 23.7. The number of amidine groups is 2. The third-order valence-corrected chi connectivity index (χ3v) is 8.47. The van der Waals surface area contributed by atoms with Crippen molar-refractivity contribution in [3.63, 3.8) is 0 Å². The largest absolute Gasteiger partial charge is 0.454 e. The molecule has 9 rings (SSSR count). The average Bonchev–Trinajstić information content (AvgIpc) is 3.65. The van der Waals surface area contributed by atoms with Gasteiger partial charge in [0.05, 0.1) is 16.7 Å². The molecule has 0 aliphatic carbocycles. The lowest BCUT2D eigenvalue weighted by atomic mass is 10.0. The standard InChI is InChI=1S/C39H26N4O/c1-3-13-25(14-4-1)37-40-38(26-15-5-2-6-16-26)42-39(41-37)30-20-12-24-34-35(30)29-19-11-23-33(36(29)44-34)43-31-21-9-7-17-27(31)28-18-8-10-22-32(28)43/h1-24,37H,(H,40,41,42). The highest BCUT2D eigenvalue weighted by Gasteiger charge is 2.24. The Labute approximate surface area is 253 Å². The van der Waals surface area contributed by atoms with Gasteiger partial charge in [0.15, 0.2) is 11.4 Å². The Hall–Kier alpha value is -5.94. The van der Waals surface area contributed by atoms with E-state index in [9.17, 15) is 0 Å². The van der Waals surface area contributed by atoms with Crippen molar-refractivity contribution in [3.05, 3.63) is 162 Å². The summed E-state index contributed by atoms with van der Waals surface area (Å²) in [6.45, 7) is 0. The molecule has 0 spiro atoms. The number of benzene rings is 6. The first-order valence-electron chi connectivity index (χ1n) is 14.8. The third kappa shape index (κ3) is 3.80. The summed E-state index contributed by atoms with van der Waals surface area (Å²) in [7, 11) is 0. The minimum absolute atomic E-state index is 0.277. The van der Waals surface area contributed by atoms with Gasteiger partial charge in [-0.3, -0.25) is 0 Å². The van der Waals surface area contributed by atoms with Gasteiger partial charge in [0.25, 0.3) is 0 Å². The first-order chi connectivity index (χ1) is 21.8. The van der Waals surface area contributed by atoms with Gasteiger partial charge in [-0.1, -0.05) is 121 Å².